The largest absolute Gasteiger partial charge is 0.388 e. The van der Waals surface area contributed by atoms with Crippen LogP contribution in [0.3, 0.4) is 0 Å². The fourth-order valence-electron chi connectivity index (χ4n) is 0.896. The lowest BCUT2D eigenvalue weighted by Gasteiger charge is -2.01. The average Bonchev–Trinajstić information content (AvgIpc) is 2.39. The van der Waals surface area contributed by atoms with Gasteiger partial charge in [0.05, 0.1) is 11.0 Å². The van der Waals surface area contributed by atoms with Crippen LogP contribution in [0.15, 0.2) is 17.5 Å². The van der Waals surface area contributed by atoms with Crippen LogP contribution in [0.5, 0.6) is 0 Å². The Balaban J connectivity index is 2.14. The first-order valence-electron chi connectivity index (χ1n) is 3.81. The van der Waals surface area contributed by atoms with Gasteiger partial charge in [-0.05, 0) is 18.4 Å². The summed E-state index contributed by atoms with van der Waals surface area (Å²) in [6.45, 7) is 3.59. The molecule has 0 aliphatic carbocycles. The molecule has 3 heteroatoms. The number of aliphatic hydroxyl groups excluding tert-OH is 1. The molecule has 1 heterocycles. The Morgan fingerprint density at radius 1 is 1.73 bits per heavy atom. The summed E-state index contributed by atoms with van der Waals surface area (Å²) in [6.07, 6.45) is -0.199. The first-order valence-corrected chi connectivity index (χ1v) is 4.69. The second-order valence-corrected chi connectivity index (χ2v) is 3.69. The minimum Gasteiger partial charge on any atom is -0.388 e. The van der Waals surface area contributed by atoms with Crippen molar-refractivity contribution in [3.8, 4) is 0 Å². The third-order valence-electron chi connectivity index (χ3n) is 1.43. The molecule has 1 aromatic rings. The minimum absolute atomic E-state index is 0.199. The van der Waals surface area contributed by atoms with E-state index in [0.29, 0.717) is 0 Å². The molecule has 62 valence electrons. The molecule has 1 rings (SSSR count). The molecule has 0 aromatic carbocycles. The number of quaternary nitrogens is 1. The minimum atomic E-state index is -0.199. The fourth-order valence-corrected chi connectivity index (χ4v) is 1.60. The van der Waals surface area contributed by atoms with E-state index in [1.165, 1.54) is 4.88 Å². The van der Waals surface area contributed by atoms with Crippen LogP contribution in [0.1, 0.15) is 11.8 Å². The van der Waals surface area contributed by atoms with Gasteiger partial charge in [0.25, 0.3) is 0 Å². The van der Waals surface area contributed by atoms with Crippen LogP contribution in [0.4, 0.5) is 0 Å². The molecular weight excluding hydrogens is 158 g/mol. The van der Waals surface area contributed by atoms with Gasteiger partial charge in [-0.15, -0.1) is 11.3 Å². The standard InChI is InChI=1S/C8H13NOS/c1-7(10)5-9-6-8-3-2-4-11-8/h2-4,7,9-10H,5-6H2,1H3/p+1/t7-/m0/s1. The Morgan fingerprint density at radius 3 is 3.09 bits per heavy atom. The smallest absolute Gasteiger partial charge is 0.111 e. The monoisotopic (exact) mass is 172 g/mol. The Labute approximate surface area is 70.9 Å². The molecule has 1 atom stereocenters. The molecule has 0 aliphatic heterocycles. The lowest BCUT2D eigenvalue weighted by Crippen LogP contribution is -2.84. The van der Waals surface area contributed by atoms with E-state index in [-0.39, 0.29) is 6.10 Å². The van der Waals surface area contributed by atoms with Crippen molar-refractivity contribution in [2.24, 2.45) is 0 Å². The van der Waals surface area contributed by atoms with E-state index in [1.807, 2.05) is 6.92 Å². The van der Waals surface area contributed by atoms with Crippen LogP contribution in [0.25, 0.3) is 0 Å². The van der Waals surface area contributed by atoms with Gasteiger partial charge in [-0.3, -0.25) is 0 Å². The maximum absolute atomic E-state index is 8.95. The van der Waals surface area contributed by atoms with Crippen molar-refractivity contribution in [1.29, 1.82) is 0 Å². The summed E-state index contributed by atoms with van der Waals surface area (Å²) in [5, 5.41) is 13.1. The van der Waals surface area contributed by atoms with E-state index >= 15 is 0 Å². The highest BCUT2D eigenvalue weighted by atomic mass is 32.1. The quantitative estimate of drug-likeness (QED) is 0.668. The van der Waals surface area contributed by atoms with Crippen LogP contribution in [0.2, 0.25) is 0 Å². The molecule has 0 bridgehead atoms. The summed E-state index contributed by atoms with van der Waals surface area (Å²) < 4.78 is 0. The molecule has 1 aromatic heterocycles. The molecule has 0 unspecified atom stereocenters. The van der Waals surface area contributed by atoms with Crippen molar-refractivity contribution in [1.82, 2.24) is 0 Å². The van der Waals surface area contributed by atoms with Gasteiger partial charge in [0.15, 0.2) is 0 Å². The van der Waals surface area contributed by atoms with Gasteiger partial charge < -0.3 is 10.4 Å². The zero-order valence-corrected chi connectivity index (χ0v) is 7.47. The molecule has 2 nitrogen and oxygen atoms in total. The van der Waals surface area contributed by atoms with Gasteiger partial charge in [-0.1, -0.05) is 6.07 Å². The van der Waals surface area contributed by atoms with Gasteiger partial charge >= 0.3 is 0 Å². The average molecular weight is 172 g/mol. The summed E-state index contributed by atoms with van der Waals surface area (Å²) in [5.74, 6) is 0. The van der Waals surface area contributed by atoms with Gasteiger partial charge in [-0.2, -0.15) is 0 Å². The number of hydrogen-bond acceptors (Lipinski definition) is 2. The van der Waals surface area contributed by atoms with Crippen LogP contribution in [-0.4, -0.2) is 17.8 Å². The molecule has 0 saturated carbocycles. The third kappa shape index (κ3) is 3.51. The van der Waals surface area contributed by atoms with Crippen molar-refractivity contribution in [2.45, 2.75) is 19.6 Å². The molecule has 0 saturated heterocycles. The predicted octanol–water partition coefficient (Wildman–Crippen LogP) is 0.192. The molecule has 11 heavy (non-hydrogen) atoms. The number of thiophene rings is 1. The summed E-state index contributed by atoms with van der Waals surface area (Å²) in [4.78, 5) is 1.37. The predicted molar refractivity (Wildman–Crippen MR) is 46.5 cm³/mol. The zero-order valence-electron chi connectivity index (χ0n) is 6.66. The van der Waals surface area contributed by atoms with Gasteiger partial charge in [0.1, 0.15) is 13.1 Å². The Morgan fingerprint density at radius 2 is 2.55 bits per heavy atom. The molecular formula is C8H14NOS+. The second-order valence-electron chi connectivity index (χ2n) is 2.66. The van der Waals surface area contributed by atoms with Crippen LogP contribution in [0, 0.1) is 0 Å². The maximum atomic E-state index is 8.95. The van der Waals surface area contributed by atoms with E-state index in [9.17, 15) is 0 Å². The van der Waals surface area contributed by atoms with Crippen molar-refractivity contribution in [2.75, 3.05) is 6.54 Å². The zero-order chi connectivity index (χ0) is 8.10. The number of nitrogens with two attached hydrogens (primary N) is 1. The fraction of sp³-hybridized carbons (Fsp3) is 0.500. The lowest BCUT2D eigenvalue weighted by atomic mass is 10.4. The molecule has 0 radical (unpaired) electrons. The Kier molecular flexibility index (Phi) is 3.56. The highest BCUT2D eigenvalue weighted by Gasteiger charge is 1.98. The molecule has 0 spiro atoms. The molecule has 3 N–H and O–H groups in total. The summed E-state index contributed by atoms with van der Waals surface area (Å²) in [7, 11) is 0. The number of rotatable bonds is 4. The SMILES string of the molecule is C[C@H](O)C[NH2+]Cc1cccs1. The molecule has 0 fully saturated rings. The van der Waals surface area contributed by atoms with Crippen LogP contribution >= 0.6 is 11.3 Å². The van der Waals surface area contributed by atoms with Crippen molar-refractivity contribution >= 4 is 11.3 Å². The normalized spacial score (nSPS) is 13.3. The van der Waals surface area contributed by atoms with Crippen molar-refractivity contribution in [3.63, 3.8) is 0 Å². The van der Waals surface area contributed by atoms with Gasteiger partial charge in [0.2, 0.25) is 0 Å². The number of hydrogen-bond donors (Lipinski definition) is 2. The summed E-state index contributed by atoms with van der Waals surface area (Å²) in [6, 6.07) is 4.17. The summed E-state index contributed by atoms with van der Waals surface area (Å²) >= 11 is 1.76. The van der Waals surface area contributed by atoms with E-state index in [2.05, 4.69) is 22.8 Å². The van der Waals surface area contributed by atoms with Crippen LogP contribution in [-0.2, 0) is 6.54 Å². The Bertz CT molecular complexity index is 184. The Hall–Kier alpha value is -0.380. The lowest BCUT2D eigenvalue weighted by molar-refractivity contribution is -0.675. The first kappa shape index (κ1) is 8.71. The van der Waals surface area contributed by atoms with Crippen molar-refractivity contribution in [3.05, 3.63) is 22.4 Å². The molecule has 0 aliphatic rings. The number of aliphatic hydroxyl groups is 1. The van der Waals surface area contributed by atoms with E-state index in [4.69, 9.17) is 5.11 Å². The second kappa shape index (κ2) is 4.49. The van der Waals surface area contributed by atoms with Crippen molar-refractivity contribution < 1.29 is 10.4 Å². The van der Waals surface area contributed by atoms with Crippen LogP contribution < -0.4 is 5.32 Å². The highest BCUT2D eigenvalue weighted by Crippen LogP contribution is 2.05. The topological polar surface area (TPSA) is 36.8 Å². The third-order valence-corrected chi connectivity index (χ3v) is 2.33. The van der Waals surface area contributed by atoms with E-state index in [1.54, 1.807) is 11.3 Å². The first-order chi connectivity index (χ1) is 5.29. The maximum Gasteiger partial charge on any atom is 0.111 e. The van der Waals surface area contributed by atoms with E-state index in [0.717, 1.165) is 13.1 Å². The highest BCUT2D eigenvalue weighted by molar-refractivity contribution is 7.09. The van der Waals surface area contributed by atoms with Gasteiger partial charge in [0, 0.05) is 0 Å². The molecule has 0 amide bonds. The van der Waals surface area contributed by atoms with Gasteiger partial charge in [-0.25, -0.2) is 0 Å². The van der Waals surface area contributed by atoms with E-state index < -0.39 is 0 Å². The summed E-state index contributed by atoms with van der Waals surface area (Å²) in [5.41, 5.74) is 0.